The van der Waals surface area contributed by atoms with Crippen LogP contribution >= 0.6 is 11.6 Å². The van der Waals surface area contributed by atoms with Gasteiger partial charge in [-0.25, -0.2) is 4.57 Å². The first-order chi connectivity index (χ1) is 26.0. The molecule has 0 spiro atoms. The minimum atomic E-state index is -0.159. The maximum atomic E-state index is 13.3. The van der Waals surface area contributed by atoms with E-state index in [2.05, 4.69) is 15.6 Å². The molecule has 256 valence electrons. The fourth-order valence-electron chi connectivity index (χ4n) is 6.48. The van der Waals surface area contributed by atoms with Crippen LogP contribution in [-0.4, -0.2) is 21.8 Å². The third-order valence-corrected chi connectivity index (χ3v) is 9.54. The third-order valence-electron chi connectivity index (χ3n) is 9.28. The van der Waals surface area contributed by atoms with Crippen LogP contribution in [0.4, 0.5) is 0 Å². The Balaban J connectivity index is 1.12. The number of nitrogens with zero attached hydrogens (tertiary/aromatic N) is 3. The molecule has 0 unspecified atom stereocenters. The normalized spacial score (nSPS) is 11.0. The van der Waals surface area contributed by atoms with Gasteiger partial charge in [-0.15, -0.1) is 0 Å². The summed E-state index contributed by atoms with van der Waals surface area (Å²) in [7, 11) is 0. The van der Waals surface area contributed by atoms with Crippen molar-refractivity contribution in [3.63, 3.8) is 0 Å². The quantitative estimate of drug-likeness (QED) is 0.147. The molecule has 0 saturated heterocycles. The molecule has 0 fully saturated rings. The maximum absolute atomic E-state index is 13.3. The largest absolute Gasteiger partial charge is 0.348 e. The van der Waals surface area contributed by atoms with Gasteiger partial charge in [-0.1, -0.05) is 90.5 Å². The summed E-state index contributed by atoms with van der Waals surface area (Å²) in [6, 6.07) is 42.7. The van der Waals surface area contributed by atoms with Gasteiger partial charge in [0, 0.05) is 63.5 Å². The molecule has 3 aromatic heterocycles. The summed E-state index contributed by atoms with van der Waals surface area (Å²) in [4.78, 5) is 35.9. The van der Waals surface area contributed by atoms with Gasteiger partial charge in [0.1, 0.15) is 6.20 Å². The summed E-state index contributed by atoms with van der Waals surface area (Å²) in [5.41, 5.74) is 6.89. The second kappa shape index (κ2) is 14.9. The SMILES string of the molecule is O=C(NCc1ccccc1)c1ccc2cncc(-c3cc[n+](-c4ncc(-c5ccc(Cl)cc5)c5cc(C(=O)NCc6ccccc6)ccc45)cc3)c2c1. The van der Waals surface area contributed by atoms with Crippen LogP contribution < -0.4 is 15.2 Å². The van der Waals surface area contributed by atoms with E-state index in [-0.39, 0.29) is 11.8 Å². The van der Waals surface area contributed by atoms with Gasteiger partial charge in [0.15, 0.2) is 0 Å². The molecule has 2 N–H and O–H groups in total. The number of pyridine rings is 3. The predicted molar refractivity (Wildman–Crippen MR) is 210 cm³/mol. The molecule has 0 atom stereocenters. The number of halogens is 1. The Labute approximate surface area is 311 Å². The highest BCUT2D eigenvalue weighted by atomic mass is 35.5. The zero-order valence-electron chi connectivity index (χ0n) is 28.5. The molecule has 5 aromatic carbocycles. The second-order valence-corrected chi connectivity index (χ2v) is 13.2. The standard InChI is InChI=1S/C45H32ClN5O2/c46-37-16-13-32(14-17-37)42-29-48-43(38-18-15-35(24-40(38)42)45(53)50-26-31-9-5-2-6-10-31)51-21-19-33(20-22-51)41-28-47-27-36-12-11-34(23-39(36)41)44(52)49-25-30-7-3-1-4-8-30/h1-24,27-29H,25-26H2,(H-,49,50,52,53)/p+1. The second-order valence-electron chi connectivity index (χ2n) is 12.7. The molecule has 53 heavy (non-hydrogen) atoms. The van der Waals surface area contributed by atoms with E-state index in [0.717, 1.165) is 54.9 Å². The first-order valence-corrected chi connectivity index (χ1v) is 17.6. The van der Waals surface area contributed by atoms with E-state index in [9.17, 15) is 9.59 Å². The number of hydrogen-bond acceptors (Lipinski definition) is 4. The lowest BCUT2D eigenvalue weighted by Gasteiger charge is -2.11. The number of fused-ring (bicyclic) bond motifs is 2. The number of nitrogens with one attached hydrogen (secondary N) is 2. The number of rotatable bonds is 9. The lowest BCUT2D eigenvalue weighted by molar-refractivity contribution is -0.597. The van der Waals surface area contributed by atoms with Crippen LogP contribution in [0.15, 0.2) is 164 Å². The minimum absolute atomic E-state index is 0.138. The van der Waals surface area contributed by atoms with Crippen molar-refractivity contribution < 1.29 is 14.2 Å². The van der Waals surface area contributed by atoms with Crippen molar-refractivity contribution in [1.29, 1.82) is 0 Å². The lowest BCUT2D eigenvalue weighted by Crippen LogP contribution is -2.31. The van der Waals surface area contributed by atoms with Gasteiger partial charge >= 0.3 is 5.82 Å². The molecule has 8 heteroatoms. The van der Waals surface area contributed by atoms with E-state index in [0.29, 0.717) is 35.1 Å². The molecular weight excluding hydrogens is 678 g/mol. The predicted octanol–water partition coefficient (Wildman–Crippen LogP) is 8.91. The molecule has 7 nitrogen and oxygen atoms in total. The number of aromatic nitrogens is 3. The smallest absolute Gasteiger partial charge is 0.335 e. The molecule has 0 aliphatic carbocycles. The van der Waals surface area contributed by atoms with Crippen LogP contribution in [-0.2, 0) is 13.1 Å². The lowest BCUT2D eigenvalue weighted by atomic mass is 9.98. The summed E-state index contributed by atoms with van der Waals surface area (Å²) in [5.74, 6) is 0.420. The van der Waals surface area contributed by atoms with Crippen molar-refractivity contribution in [3.05, 3.63) is 192 Å². The first kappa shape index (κ1) is 33.4. The molecule has 3 heterocycles. The summed E-state index contributed by atoms with van der Waals surface area (Å²) >= 11 is 6.23. The van der Waals surface area contributed by atoms with E-state index in [4.69, 9.17) is 16.6 Å². The van der Waals surface area contributed by atoms with E-state index in [1.54, 1.807) is 0 Å². The van der Waals surface area contributed by atoms with Gasteiger partial charge in [0.25, 0.3) is 11.8 Å². The average molecular weight is 711 g/mol. The van der Waals surface area contributed by atoms with Crippen LogP contribution in [0, 0.1) is 0 Å². The van der Waals surface area contributed by atoms with Crippen molar-refractivity contribution in [2.75, 3.05) is 0 Å². The van der Waals surface area contributed by atoms with Crippen molar-refractivity contribution in [2.24, 2.45) is 0 Å². The van der Waals surface area contributed by atoms with Crippen LogP contribution in [0.5, 0.6) is 0 Å². The van der Waals surface area contributed by atoms with Gasteiger partial charge in [-0.05, 0) is 87.2 Å². The fourth-order valence-corrected chi connectivity index (χ4v) is 6.60. The Kier molecular flexibility index (Phi) is 9.39. The highest BCUT2D eigenvalue weighted by Crippen LogP contribution is 2.32. The van der Waals surface area contributed by atoms with Crippen LogP contribution in [0.1, 0.15) is 31.8 Å². The van der Waals surface area contributed by atoms with Crippen LogP contribution in [0.3, 0.4) is 0 Å². The van der Waals surface area contributed by atoms with Gasteiger partial charge in [-0.2, -0.15) is 0 Å². The summed E-state index contributed by atoms with van der Waals surface area (Å²) < 4.78 is 1.97. The average Bonchev–Trinajstić information content (AvgIpc) is 3.22. The number of amides is 2. The van der Waals surface area contributed by atoms with Gasteiger partial charge in [0.2, 0.25) is 0 Å². The van der Waals surface area contributed by atoms with Crippen molar-refractivity contribution >= 4 is 45.0 Å². The summed E-state index contributed by atoms with van der Waals surface area (Å²) in [5, 5.41) is 10.3. The highest BCUT2D eigenvalue weighted by molar-refractivity contribution is 6.30. The molecule has 8 aromatic rings. The molecular formula is C45H33ClN5O2+. The number of benzene rings is 5. The summed E-state index contributed by atoms with van der Waals surface area (Å²) in [6.07, 6.45) is 9.41. The third kappa shape index (κ3) is 7.24. The summed E-state index contributed by atoms with van der Waals surface area (Å²) in [6.45, 7) is 0.881. The van der Waals surface area contributed by atoms with E-state index < -0.39 is 0 Å². The maximum Gasteiger partial charge on any atom is 0.335 e. The van der Waals surface area contributed by atoms with E-state index in [1.807, 2.05) is 169 Å². The Morgan fingerprint density at radius 3 is 1.77 bits per heavy atom. The van der Waals surface area contributed by atoms with Crippen LogP contribution in [0.25, 0.3) is 49.6 Å². The Hall–Kier alpha value is -6.70. The van der Waals surface area contributed by atoms with E-state index >= 15 is 0 Å². The molecule has 0 saturated carbocycles. The van der Waals surface area contributed by atoms with Crippen molar-refractivity contribution in [3.8, 4) is 28.1 Å². The monoisotopic (exact) mass is 710 g/mol. The van der Waals surface area contributed by atoms with Crippen molar-refractivity contribution in [2.45, 2.75) is 13.1 Å². The number of carbonyl (C=O) groups excluding carboxylic acids is 2. The molecule has 0 aliphatic heterocycles. The van der Waals surface area contributed by atoms with Gasteiger partial charge in [0.05, 0.1) is 17.8 Å². The Morgan fingerprint density at radius 1 is 0.566 bits per heavy atom. The molecule has 0 radical (unpaired) electrons. The highest BCUT2D eigenvalue weighted by Gasteiger charge is 2.20. The topological polar surface area (TPSA) is 87.9 Å². The minimum Gasteiger partial charge on any atom is -0.348 e. The molecule has 0 bridgehead atoms. The van der Waals surface area contributed by atoms with E-state index in [1.165, 1.54) is 0 Å². The molecule has 8 rings (SSSR count). The molecule has 2 amide bonds. The Bertz CT molecular complexity index is 2600. The van der Waals surface area contributed by atoms with Gasteiger partial charge < -0.3 is 10.6 Å². The fraction of sp³-hybridized carbons (Fsp3) is 0.0444. The zero-order chi connectivity index (χ0) is 36.1. The Morgan fingerprint density at radius 2 is 1.13 bits per heavy atom. The first-order valence-electron chi connectivity index (χ1n) is 17.2. The molecule has 0 aliphatic rings. The van der Waals surface area contributed by atoms with Gasteiger partial charge in [-0.3, -0.25) is 14.6 Å². The number of hydrogen-bond donors (Lipinski definition) is 2. The van der Waals surface area contributed by atoms with Crippen molar-refractivity contribution in [1.82, 2.24) is 20.6 Å². The zero-order valence-corrected chi connectivity index (χ0v) is 29.3. The van der Waals surface area contributed by atoms with Crippen LogP contribution in [0.2, 0.25) is 5.02 Å². The number of carbonyl (C=O) groups is 2.